The number of hydrogen-bond acceptors (Lipinski definition) is 11. The lowest BCUT2D eigenvalue weighted by Crippen LogP contribution is -2.46. The van der Waals surface area contributed by atoms with Crippen LogP contribution in [0.25, 0.3) is 0 Å². The summed E-state index contributed by atoms with van der Waals surface area (Å²) in [5.41, 5.74) is 6.18. The van der Waals surface area contributed by atoms with E-state index in [1.165, 1.54) is 6.20 Å². The van der Waals surface area contributed by atoms with Crippen LogP contribution in [0.3, 0.4) is 0 Å². The van der Waals surface area contributed by atoms with Crippen LogP contribution in [-0.4, -0.2) is 93.5 Å². The molecule has 2 aromatic heterocycles. The fourth-order valence-corrected chi connectivity index (χ4v) is 5.16. The average molecular weight is 648 g/mol. The van der Waals surface area contributed by atoms with Crippen molar-refractivity contribution in [3.63, 3.8) is 0 Å². The molecular weight excluding hydrogens is 612 g/mol. The first-order valence-corrected chi connectivity index (χ1v) is 14.5. The van der Waals surface area contributed by atoms with Gasteiger partial charge in [-0.15, -0.1) is 0 Å². The van der Waals surface area contributed by atoms with E-state index in [1.807, 2.05) is 0 Å². The van der Waals surface area contributed by atoms with Crippen LogP contribution in [0.5, 0.6) is 0 Å². The normalized spacial score (nSPS) is 21.2. The number of piperidine rings is 2. The van der Waals surface area contributed by atoms with E-state index in [0.717, 1.165) is 77.1 Å². The number of Topliss-reactive ketones (excluding diaryl/α,β-unsaturated/α-hetero) is 1. The van der Waals surface area contributed by atoms with Crippen LogP contribution in [-0.2, 0) is 0 Å². The predicted molar refractivity (Wildman–Crippen MR) is 153 cm³/mol. The number of carboxylic acids is 1. The Balaban J connectivity index is 0.000000175. The number of hydrogen-bond donors (Lipinski definition) is 4. The van der Waals surface area contributed by atoms with Gasteiger partial charge in [0.1, 0.15) is 0 Å². The highest BCUT2D eigenvalue weighted by Gasteiger charge is 2.38. The van der Waals surface area contributed by atoms with Crippen LogP contribution in [0.2, 0.25) is 0 Å². The van der Waals surface area contributed by atoms with Crippen molar-refractivity contribution in [1.82, 2.24) is 19.9 Å². The molecule has 18 heteroatoms. The largest absolute Gasteiger partial charge is 0.475 e. The van der Waals surface area contributed by atoms with E-state index < -0.39 is 42.5 Å². The highest BCUT2D eigenvalue weighted by Crippen LogP contribution is 2.34. The Morgan fingerprint density at radius 1 is 0.889 bits per heavy atom. The molecule has 0 unspecified atom stereocenters. The SMILES string of the molecule is C[C@@H](CC(=O)c1ncc2c(n1)N[C@H]1CCCN2C1)C(F)(F)F.C[C@@H](N)C(F)(F)F.O=C(O)c1ncc2c(n1)N[C@H]1CCCN2C1. The molecular formula is C27H35F6N9O3. The number of nitrogens with zero attached hydrogens (tertiary/aromatic N) is 6. The number of nitrogens with two attached hydrogens (primary N) is 1. The van der Waals surface area contributed by atoms with Crippen molar-refractivity contribution < 1.29 is 41.0 Å². The Kier molecular flexibility index (Phi) is 10.2. The van der Waals surface area contributed by atoms with E-state index in [-0.39, 0.29) is 17.7 Å². The number of carbonyl (C=O) groups excluding carboxylic acids is 1. The van der Waals surface area contributed by atoms with Crippen molar-refractivity contribution in [2.75, 3.05) is 46.6 Å². The van der Waals surface area contributed by atoms with Gasteiger partial charge in [0.25, 0.3) is 0 Å². The lowest BCUT2D eigenvalue weighted by atomic mass is 10.0. The van der Waals surface area contributed by atoms with Gasteiger partial charge >= 0.3 is 18.3 Å². The van der Waals surface area contributed by atoms with Crippen LogP contribution in [0.4, 0.5) is 49.4 Å². The molecule has 0 aliphatic carbocycles. The topological polar surface area (TPSA) is 162 Å². The van der Waals surface area contributed by atoms with Gasteiger partial charge in [-0.05, 0) is 32.6 Å². The van der Waals surface area contributed by atoms with Crippen molar-refractivity contribution in [2.24, 2.45) is 11.7 Å². The molecule has 4 aliphatic rings. The van der Waals surface area contributed by atoms with Gasteiger partial charge < -0.3 is 31.3 Å². The summed E-state index contributed by atoms with van der Waals surface area (Å²) in [5, 5.41) is 15.3. The molecule has 248 valence electrons. The summed E-state index contributed by atoms with van der Waals surface area (Å²) in [5.74, 6) is -2.56. The number of halogens is 6. The molecule has 6 heterocycles. The highest BCUT2D eigenvalue weighted by atomic mass is 19.4. The van der Waals surface area contributed by atoms with Gasteiger partial charge in [0, 0.05) is 44.7 Å². The van der Waals surface area contributed by atoms with Gasteiger partial charge in [0.05, 0.1) is 35.7 Å². The van der Waals surface area contributed by atoms with Gasteiger partial charge in [-0.1, -0.05) is 6.92 Å². The summed E-state index contributed by atoms with van der Waals surface area (Å²) < 4.78 is 70.8. The van der Waals surface area contributed by atoms with Crippen molar-refractivity contribution >= 4 is 34.8 Å². The second-order valence-corrected chi connectivity index (χ2v) is 11.4. The van der Waals surface area contributed by atoms with Gasteiger partial charge in [-0.3, -0.25) is 4.79 Å². The Morgan fingerprint density at radius 2 is 1.33 bits per heavy atom. The zero-order valence-electron chi connectivity index (χ0n) is 24.6. The molecule has 6 rings (SSSR count). The van der Waals surface area contributed by atoms with Crippen LogP contribution in [0.1, 0.15) is 67.2 Å². The molecule has 0 aromatic carbocycles. The van der Waals surface area contributed by atoms with Crippen molar-refractivity contribution in [2.45, 2.75) is 76.4 Å². The van der Waals surface area contributed by atoms with Crippen molar-refractivity contribution in [1.29, 1.82) is 0 Å². The molecule has 2 saturated heterocycles. The number of rotatable bonds is 4. The third kappa shape index (κ3) is 8.61. The monoisotopic (exact) mass is 647 g/mol. The van der Waals surface area contributed by atoms with E-state index >= 15 is 0 Å². The third-order valence-electron chi connectivity index (χ3n) is 7.75. The van der Waals surface area contributed by atoms with E-state index in [4.69, 9.17) is 5.11 Å². The lowest BCUT2D eigenvalue weighted by molar-refractivity contribution is -0.168. The van der Waals surface area contributed by atoms with Gasteiger partial charge in [0.2, 0.25) is 11.6 Å². The molecule has 0 radical (unpaired) electrons. The number of fused-ring (bicyclic) bond motifs is 8. The van der Waals surface area contributed by atoms with E-state index in [2.05, 4.69) is 46.1 Å². The zero-order valence-corrected chi connectivity index (χ0v) is 24.6. The predicted octanol–water partition coefficient (Wildman–Crippen LogP) is 4.11. The Morgan fingerprint density at radius 3 is 1.76 bits per heavy atom. The van der Waals surface area contributed by atoms with E-state index in [0.29, 0.717) is 17.7 Å². The molecule has 2 fully saturated rings. The number of aromatic nitrogens is 4. The number of aromatic carboxylic acids is 1. The van der Waals surface area contributed by atoms with Gasteiger partial charge in [-0.2, -0.15) is 26.3 Å². The quantitative estimate of drug-likeness (QED) is 0.278. The molecule has 4 aliphatic heterocycles. The summed E-state index contributed by atoms with van der Waals surface area (Å²) in [6.07, 6.45) is -1.75. The number of alkyl halides is 6. The second-order valence-electron chi connectivity index (χ2n) is 11.4. The van der Waals surface area contributed by atoms with Crippen molar-refractivity contribution in [3.05, 3.63) is 24.0 Å². The summed E-state index contributed by atoms with van der Waals surface area (Å²) in [6, 6.07) is -1.04. The maximum absolute atomic E-state index is 12.5. The molecule has 0 amide bonds. The number of carboxylic acid groups (broad SMARTS) is 1. The average Bonchev–Trinajstić information content (AvgIpc) is 2.96. The maximum Gasteiger partial charge on any atom is 0.403 e. The fourth-order valence-electron chi connectivity index (χ4n) is 5.16. The van der Waals surface area contributed by atoms with Crippen LogP contribution in [0.15, 0.2) is 12.4 Å². The molecule has 12 nitrogen and oxygen atoms in total. The smallest absolute Gasteiger partial charge is 0.403 e. The summed E-state index contributed by atoms with van der Waals surface area (Å²) in [6.45, 7) is 5.64. The number of nitrogens with one attached hydrogen (secondary N) is 2. The maximum atomic E-state index is 12.5. The Labute approximate surface area is 254 Å². The second kappa shape index (κ2) is 13.6. The van der Waals surface area contributed by atoms with Gasteiger partial charge in [-0.25, -0.2) is 24.7 Å². The third-order valence-corrected chi connectivity index (χ3v) is 7.75. The molecule has 0 saturated carbocycles. The molecule has 45 heavy (non-hydrogen) atoms. The minimum Gasteiger partial charge on any atom is -0.475 e. The standard InChI is InChI=1S/C14H17F3N4O.C10H12N4O2.C3H6F3N/c1-8(14(15,16)17)5-11(22)13-18-6-10-12(20-13)19-9-3-2-4-21(10)7-9;15-10(16)9-11-4-7-8(13-9)12-6-2-1-3-14(7)5-6;1-2(7)3(4,5)6/h6,8-9H,2-5,7H2,1H3,(H,18,19,20);4,6H,1-3,5H2,(H,15,16)(H,11,12,13);2H,7H2,1H3/t8-,9-;6-;2-/m001/s1. The van der Waals surface area contributed by atoms with E-state index in [1.54, 1.807) is 6.20 Å². The minimum absolute atomic E-state index is 0.146. The van der Waals surface area contributed by atoms with Crippen LogP contribution >= 0.6 is 0 Å². The summed E-state index contributed by atoms with van der Waals surface area (Å²) in [7, 11) is 0. The first-order chi connectivity index (χ1) is 21.0. The van der Waals surface area contributed by atoms with Gasteiger partial charge in [0.15, 0.2) is 17.5 Å². The Hall–Kier alpha value is -3.96. The van der Waals surface area contributed by atoms with E-state index in [9.17, 15) is 35.9 Å². The molecule has 4 atom stereocenters. The highest BCUT2D eigenvalue weighted by molar-refractivity contribution is 5.93. The minimum atomic E-state index is -4.38. The Bertz CT molecular complexity index is 1370. The molecule has 5 N–H and O–H groups in total. The summed E-state index contributed by atoms with van der Waals surface area (Å²) in [4.78, 5) is 43.1. The first kappa shape index (κ1) is 33.9. The molecule has 2 aromatic rings. The lowest BCUT2D eigenvalue weighted by Gasteiger charge is -2.40. The van der Waals surface area contributed by atoms with Crippen LogP contribution in [0, 0.1) is 5.92 Å². The van der Waals surface area contributed by atoms with Crippen LogP contribution < -0.4 is 26.2 Å². The summed E-state index contributed by atoms with van der Waals surface area (Å²) >= 11 is 0. The van der Waals surface area contributed by atoms with Crippen molar-refractivity contribution in [3.8, 4) is 0 Å². The number of carbonyl (C=O) groups is 2. The molecule has 4 bridgehead atoms. The zero-order chi connectivity index (χ0) is 33.1. The number of anilines is 4. The fraction of sp³-hybridized carbons (Fsp3) is 0.630. The number of ketones is 1. The molecule has 0 spiro atoms. The first-order valence-electron chi connectivity index (χ1n) is 14.5.